The normalized spacial score (nSPS) is 22.9. The number of carboxylic acid groups (broad SMARTS) is 1. The lowest BCUT2D eigenvalue weighted by Gasteiger charge is -2.26. The van der Waals surface area contributed by atoms with E-state index in [-0.39, 0.29) is 17.7 Å². The molecule has 1 fully saturated rings. The third-order valence-corrected chi connectivity index (χ3v) is 5.88. The molecule has 7 heteroatoms. The molecule has 0 bridgehead atoms. The fourth-order valence-corrected chi connectivity index (χ4v) is 4.67. The highest BCUT2D eigenvalue weighted by atomic mass is 79.9. The van der Waals surface area contributed by atoms with Crippen LogP contribution in [0.25, 0.3) is 0 Å². The molecule has 5 nitrogen and oxygen atoms in total. The van der Waals surface area contributed by atoms with Gasteiger partial charge >= 0.3 is 5.97 Å². The van der Waals surface area contributed by atoms with Crippen LogP contribution in [-0.2, 0) is 20.6 Å². The molecular formula is C14H18BrNO4S. The standard InChI is InChI=1S/C14H18BrNO4S/c15-13-4-2-1-3-11(13)9-21(19,20)16-12-7-5-10(6-8-12)14(17)18/h1-4,10,12,16H,5-9H2,(H,17,18). The first-order chi connectivity index (χ1) is 9.87. The summed E-state index contributed by atoms with van der Waals surface area (Å²) in [6, 6.07) is 7.05. The van der Waals surface area contributed by atoms with E-state index in [1.807, 2.05) is 12.1 Å². The van der Waals surface area contributed by atoms with Gasteiger partial charge in [0.25, 0.3) is 0 Å². The van der Waals surface area contributed by atoms with Gasteiger partial charge in [-0.1, -0.05) is 34.1 Å². The van der Waals surface area contributed by atoms with Crippen LogP contribution in [0.5, 0.6) is 0 Å². The maximum atomic E-state index is 12.2. The van der Waals surface area contributed by atoms with E-state index in [2.05, 4.69) is 20.7 Å². The summed E-state index contributed by atoms with van der Waals surface area (Å²) in [7, 11) is -3.42. The third kappa shape index (κ3) is 4.79. The van der Waals surface area contributed by atoms with Crippen LogP contribution in [0.15, 0.2) is 28.7 Å². The molecule has 0 atom stereocenters. The second kappa shape index (κ2) is 6.89. The van der Waals surface area contributed by atoms with Gasteiger partial charge in [-0.05, 0) is 37.3 Å². The number of carbonyl (C=O) groups is 1. The molecule has 0 heterocycles. The van der Waals surface area contributed by atoms with Crippen molar-refractivity contribution >= 4 is 31.9 Å². The van der Waals surface area contributed by atoms with Gasteiger partial charge < -0.3 is 5.11 Å². The van der Waals surface area contributed by atoms with Gasteiger partial charge in [0.15, 0.2) is 0 Å². The van der Waals surface area contributed by atoms with E-state index in [0.717, 1.165) is 4.47 Å². The maximum absolute atomic E-state index is 12.2. The number of rotatable bonds is 5. The Hall–Kier alpha value is -0.920. The molecule has 1 aromatic rings. The van der Waals surface area contributed by atoms with Gasteiger partial charge in [0.05, 0.1) is 11.7 Å². The molecule has 1 aliphatic carbocycles. The van der Waals surface area contributed by atoms with Crippen molar-refractivity contribution in [3.8, 4) is 0 Å². The van der Waals surface area contributed by atoms with Gasteiger partial charge in [0.1, 0.15) is 0 Å². The van der Waals surface area contributed by atoms with Crippen molar-refractivity contribution in [2.24, 2.45) is 5.92 Å². The molecule has 1 saturated carbocycles. The molecule has 0 unspecified atom stereocenters. The minimum Gasteiger partial charge on any atom is -0.481 e. The van der Waals surface area contributed by atoms with Crippen LogP contribution in [0, 0.1) is 5.92 Å². The summed E-state index contributed by atoms with van der Waals surface area (Å²) in [5.74, 6) is -1.20. The van der Waals surface area contributed by atoms with Crippen LogP contribution < -0.4 is 4.72 Å². The van der Waals surface area contributed by atoms with Crippen molar-refractivity contribution in [2.75, 3.05) is 0 Å². The molecule has 0 aromatic heterocycles. The molecule has 2 rings (SSSR count). The van der Waals surface area contributed by atoms with Crippen molar-refractivity contribution in [1.82, 2.24) is 4.72 Å². The minimum absolute atomic E-state index is 0.0761. The summed E-state index contributed by atoms with van der Waals surface area (Å²) < 4.78 is 27.8. The number of carboxylic acids is 1. The number of hydrogen-bond acceptors (Lipinski definition) is 3. The zero-order valence-corrected chi connectivity index (χ0v) is 13.9. The van der Waals surface area contributed by atoms with E-state index >= 15 is 0 Å². The quantitative estimate of drug-likeness (QED) is 0.827. The van der Waals surface area contributed by atoms with E-state index in [9.17, 15) is 13.2 Å². The van der Waals surface area contributed by atoms with Crippen molar-refractivity contribution in [3.63, 3.8) is 0 Å². The van der Waals surface area contributed by atoms with Gasteiger partial charge in [0.2, 0.25) is 10.0 Å². The maximum Gasteiger partial charge on any atom is 0.306 e. The van der Waals surface area contributed by atoms with Gasteiger partial charge in [0, 0.05) is 10.5 Å². The van der Waals surface area contributed by atoms with Gasteiger partial charge in [-0.2, -0.15) is 0 Å². The summed E-state index contributed by atoms with van der Waals surface area (Å²) in [6.45, 7) is 0. The topological polar surface area (TPSA) is 83.5 Å². The number of nitrogens with one attached hydrogen (secondary N) is 1. The molecule has 0 aliphatic heterocycles. The molecule has 0 radical (unpaired) electrons. The second-order valence-electron chi connectivity index (χ2n) is 5.36. The van der Waals surface area contributed by atoms with E-state index < -0.39 is 16.0 Å². The number of hydrogen-bond donors (Lipinski definition) is 2. The van der Waals surface area contributed by atoms with Crippen LogP contribution in [0.4, 0.5) is 0 Å². The van der Waals surface area contributed by atoms with Crippen LogP contribution in [0.1, 0.15) is 31.2 Å². The Morgan fingerprint density at radius 1 is 1.24 bits per heavy atom. The van der Waals surface area contributed by atoms with E-state index in [4.69, 9.17) is 5.11 Å². The van der Waals surface area contributed by atoms with Crippen molar-refractivity contribution in [1.29, 1.82) is 0 Å². The zero-order chi connectivity index (χ0) is 15.5. The average molecular weight is 376 g/mol. The molecule has 1 aromatic carbocycles. The molecule has 21 heavy (non-hydrogen) atoms. The number of benzene rings is 1. The predicted octanol–water partition coefficient (Wildman–Crippen LogP) is 2.51. The fraction of sp³-hybridized carbons (Fsp3) is 0.500. The molecule has 0 amide bonds. The van der Waals surface area contributed by atoms with Gasteiger partial charge in [-0.3, -0.25) is 4.79 Å². The number of halogens is 1. The predicted molar refractivity (Wildman–Crippen MR) is 83.3 cm³/mol. The first-order valence-corrected chi connectivity index (χ1v) is 9.28. The van der Waals surface area contributed by atoms with E-state index in [1.54, 1.807) is 12.1 Å². The number of aliphatic carboxylic acids is 1. The Morgan fingerprint density at radius 2 is 1.86 bits per heavy atom. The van der Waals surface area contributed by atoms with Gasteiger partial charge in [-0.25, -0.2) is 13.1 Å². The summed E-state index contributed by atoms with van der Waals surface area (Å²) in [6.07, 6.45) is 2.20. The Bertz CT molecular complexity index is 609. The number of sulfonamides is 1. The Morgan fingerprint density at radius 3 is 2.43 bits per heavy atom. The largest absolute Gasteiger partial charge is 0.481 e. The summed E-state index contributed by atoms with van der Waals surface area (Å²) in [5, 5.41) is 8.94. The molecule has 116 valence electrons. The highest BCUT2D eigenvalue weighted by molar-refractivity contribution is 9.10. The molecule has 0 spiro atoms. The van der Waals surface area contributed by atoms with Crippen LogP contribution in [0.2, 0.25) is 0 Å². The van der Waals surface area contributed by atoms with E-state index in [0.29, 0.717) is 31.2 Å². The fourth-order valence-electron chi connectivity index (χ4n) is 2.57. The lowest BCUT2D eigenvalue weighted by atomic mass is 9.87. The smallest absolute Gasteiger partial charge is 0.306 e. The average Bonchev–Trinajstić information content (AvgIpc) is 2.41. The summed E-state index contributed by atoms with van der Waals surface area (Å²) in [5.41, 5.74) is 0.712. The first kappa shape index (κ1) is 16.5. The van der Waals surface area contributed by atoms with Gasteiger partial charge in [-0.15, -0.1) is 0 Å². The Balaban J connectivity index is 1.93. The molecule has 1 aliphatic rings. The molecular weight excluding hydrogens is 358 g/mol. The lowest BCUT2D eigenvalue weighted by Crippen LogP contribution is -2.39. The van der Waals surface area contributed by atoms with Crippen molar-refractivity contribution in [3.05, 3.63) is 34.3 Å². The lowest BCUT2D eigenvalue weighted by molar-refractivity contribution is -0.142. The summed E-state index contributed by atoms with van der Waals surface area (Å²) in [4.78, 5) is 10.9. The van der Waals surface area contributed by atoms with Crippen LogP contribution >= 0.6 is 15.9 Å². The van der Waals surface area contributed by atoms with Crippen LogP contribution in [0.3, 0.4) is 0 Å². The Kier molecular flexibility index (Phi) is 5.40. The highest BCUT2D eigenvalue weighted by Crippen LogP contribution is 2.25. The monoisotopic (exact) mass is 375 g/mol. The summed E-state index contributed by atoms with van der Waals surface area (Å²) >= 11 is 3.34. The molecule has 2 N–H and O–H groups in total. The second-order valence-corrected chi connectivity index (χ2v) is 7.96. The van der Waals surface area contributed by atoms with Crippen LogP contribution in [-0.4, -0.2) is 25.5 Å². The third-order valence-electron chi connectivity index (χ3n) is 3.73. The van der Waals surface area contributed by atoms with Crippen molar-refractivity contribution < 1.29 is 18.3 Å². The highest BCUT2D eigenvalue weighted by Gasteiger charge is 2.28. The van der Waals surface area contributed by atoms with E-state index in [1.165, 1.54) is 0 Å². The first-order valence-electron chi connectivity index (χ1n) is 6.83. The minimum atomic E-state index is -3.42. The van der Waals surface area contributed by atoms with Crippen molar-refractivity contribution in [2.45, 2.75) is 37.5 Å². The SMILES string of the molecule is O=C(O)C1CCC(NS(=O)(=O)Cc2ccccc2Br)CC1. The zero-order valence-electron chi connectivity index (χ0n) is 11.5. The molecule has 0 saturated heterocycles. The Labute approximate surface area is 132 Å².